The minimum absolute atomic E-state index is 0.272. The molecule has 0 spiro atoms. The van der Waals surface area contributed by atoms with Crippen LogP contribution in [-0.4, -0.2) is 12.3 Å². The Balaban J connectivity index is 1.70. The van der Waals surface area contributed by atoms with Crippen LogP contribution in [0, 0.1) is 0 Å². The second-order valence-corrected chi connectivity index (χ2v) is 6.43. The van der Waals surface area contributed by atoms with Gasteiger partial charge in [0.1, 0.15) is 5.76 Å². The summed E-state index contributed by atoms with van der Waals surface area (Å²) in [7, 11) is 0. The maximum atomic E-state index is 5.38. The lowest BCUT2D eigenvalue weighted by atomic mass is 10.0. The van der Waals surface area contributed by atoms with Crippen molar-refractivity contribution in [2.75, 3.05) is 12.3 Å². The van der Waals surface area contributed by atoms with Gasteiger partial charge in [-0.05, 0) is 42.7 Å². The van der Waals surface area contributed by atoms with Gasteiger partial charge in [0.15, 0.2) is 0 Å². The van der Waals surface area contributed by atoms with E-state index in [9.17, 15) is 0 Å². The summed E-state index contributed by atoms with van der Waals surface area (Å²) in [6, 6.07) is 13.1. The first-order chi connectivity index (χ1) is 9.66. The van der Waals surface area contributed by atoms with E-state index in [1.807, 2.05) is 23.9 Å². The molecule has 0 radical (unpaired) electrons. The maximum Gasteiger partial charge on any atom is 0.120 e. The van der Waals surface area contributed by atoms with Crippen LogP contribution in [0.3, 0.4) is 0 Å². The van der Waals surface area contributed by atoms with Crippen LogP contribution in [0.15, 0.2) is 52.0 Å². The highest BCUT2D eigenvalue weighted by Crippen LogP contribution is 2.21. The fourth-order valence-corrected chi connectivity index (χ4v) is 2.82. The van der Waals surface area contributed by atoms with Crippen LogP contribution in [-0.2, 0) is 0 Å². The summed E-state index contributed by atoms with van der Waals surface area (Å²) in [5, 5.41) is 3.47. The molecular weight excluding hydrogens is 266 g/mol. The minimum Gasteiger partial charge on any atom is -0.468 e. The first-order valence-electron chi connectivity index (χ1n) is 7.16. The molecule has 1 atom stereocenters. The molecule has 20 heavy (non-hydrogen) atoms. The Labute approximate surface area is 126 Å². The van der Waals surface area contributed by atoms with Crippen molar-refractivity contribution in [1.29, 1.82) is 0 Å². The summed E-state index contributed by atoms with van der Waals surface area (Å²) in [6.07, 6.45) is 1.72. The highest BCUT2D eigenvalue weighted by atomic mass is 32.2. The topological polar surface area (TPSA) is 25.2 Å². The van der Waals surface area contributed by atoms with E-state index in [2.05, 4.69) is 50.4 Å². The molecule has 0 fully saturated rings. The van der Waals surface area contributed by atoms with Crippen molar-refractivity contribution in [2.24, 2.45) is 0 Å². The van der Waals surface area contributed by atoms with E-state index in [4.69, 9.17) is 4.42 Å². The van der Waals surface area contributed by atoms with Gasteiger partial charge in [-0.3, -0.25) is 0 Å². The number of furan rings is 1. The Hall–Kier alpha value is -1.19. The first-order valence-corrected chi connectivity index (χ1v) is 8.15. The molecular formula is C17H23NOS. The fourth-order valence-electron chi connectivity index (χ4n) is 2.03. The van der Waals surface area contributed by atoms with Crippen LogP contribution in [0.4, 0.5) is 0 Å². The van der Waals surface area contributed by atoms with Crippen molar-refractivity contribution in [2.45, 2.75) is 37.6 Å². The number of hydrogen-bond donors (Lipinski definition) is 1. The lowest BCUT2D eigenvalue weighted by molar-refractivity contribution is 0.438. The van der Waals surface area contributed by atoms with Gasteiger partial charge in [-0.15, -0.1) is 11.8 Å². The number of rotatable bonds is 7. The van der Waals surface area contributed by atoms with E-state index in [-0.39, 0.29) is 6.04 Å². The Morgan fingerprint density at radius 2 is 1.85 bits per heavy atom. The third-order valence-corrected chi connectivity index (χ3v) is 4.35. The second kappa shape index (κ2) is 7.55. The highest BCUT2D eigenvalue weighted by molar-refractivity contribution is 7.99. The van der Waals surface area contributed by atoms with Crippen LogP contribution >= 0.6 is 11.8 Å². The number of hydrogen-bond acceptors (Lipinski definition) is 3. The second-order valence-electron chi connectivity index (χ2n) is 5.26. The maximum absolute atomic E-state index is 5.38. The van der Waals surface area contributed by atoms with Gasteiger partial charge in [-0.25, -0.2) is 0 Å². The summed E-state index contributed by atoms with van der Waals surface area (Å²) in [6.45, 7) is 7.55. The van der Waals surface area contributed by atoms with Gasteiger partial charge in [-0.2, -0.15) is 0 Å². The Morgan fingerprint density at radius 1 is 1.10 bits per heavy atom. The number of thioether (sulfide) groups is 1. The molecule has 2 nitrogen and oxygen atoms in total. The molecule has 1 N–H and O–H groups in total. The van der Waals surface area contributed by atoms with E-state index in [1.165, 1.54) is 10.5 Å². The van der Waals surface area contributed by atoms with Gasteiger partial charge in [-0.1, -0.05) is 26.0 Å². The molecule has 0 aliphatic rings. The zero-order valence-electron chi connectivity index (χ0n) is 12.4. The van der Waals surface area contributed by atoms with Crippen molar-refractivity contribution in [1.82, 2.24) is 5.32 Å². The zero-order valence-corrected chi connectivity index (χ0v) is 13.2. The molecule has 0 bridgehead atoms. The summed E-state index contributed by atoms with van der Waals surface area (Å²) in [4.78, 5) is 1.34. The Morgan fingerprint density at radius 3 is 2.45 bits per heavy atom. The van der Waals surface area contributed by atoms with Crippen molar-refractivity contribution in [3.63, 3.8) is 0 Å². The molecule has 1 aromatic carbocycles. The molecule has 108 valence electrons. The molecule has 1 aromatic heterocycles. The lowest BCUT2D eigenvalue weighted by Crippen LogP contribution is -2.20. The van der Waals surface area contributed by atoms with Gasteiger partial charge in [0.2, 0.25) is 0 Å². The summed E-state index contributed by atoms with van der Waals surface area (Å²) in [5.74, 6) is 2.66. The SMILES string of the molecule is CC(C)c1ccc(SCCNC(C)c2ccco2)cc1. The average molecular weight is 289 g/mol. The lowest BCUT2D eigenvalue weighted by Gasteiger charge is -2.11. The summed E-state index contributed by atoms with van der Waals surface area (Å²) in [5.41, 5.74) is 1.40. The van der Waals surface area contributed by atoms with Crippen LogP contribution in [0.2, 0.25) is 0 Å². The predicted molar refractivity (Wildman–Crippen MR) is 86.4 cm³/mol. The molecule has 2 aromatic rings. The number of nitrogens with one attached hydrogen (secondary N) is 1. The third kappa shape index (κ3) is 4.43. The Kier molecular flexibility index (Phi) is 5.74. The molecule has 2 rings (SSSR count). The van der Waals surface area contributed by atoms with Crippen LogP contribution in [0.25, 0.3) is 0 Å². The first kappa shape index (κ1) is 15.2. The molecule has 0 saturated heterocycles. The Bertz CT molecular complexity index is 490. The third-order valence-electron chi connectivity index (χ3n) is 3.34. The van der Waals surface area contributed by atoms with Crippen LogP contribution in [0.5, 0.6) is 0 Å². The minimum atomic E-state index is 0.272. The largest absolute Gasteiger partial charge is 0.468 e. The molecule has 1 heterocycles. The van der Waals surface area contributed by atoms with Crippen molar-refractivity contribution in [3.8, 4) is 0 Å². The van der Waals surface area contributed by atoms with Crippen LogP contribution in [0.1, 0.15) is 44.1 Å². The van der Waals surface area contributed by atoms with Gasteiger partial charge < -0.3 is 9.73 Å². The molecule has 0 saturated carbocycles. The van der Waals surface area contributed by atoms with E-state index in [1.54, 1.807) is 6.26 Å². The zero-order chi connectivity index (χ0) is 14.4. The van der Waals surface area contributed by atoms with Gasteiger partial charge >= 0.3 is 0 Å². The molecule has 0 amide bonds. The van der Waals surface area contributed by atoms with Gasteiger partial charge in [0.25, 0.3) is 0 Å². The standard InChI is InChI=1S/C17H23NOS/c1-13(2)15-6-8-16(9-7-15)20-12-10-18-14(3)17-5-4-11-19-17/h4-9,11,13-14,18H,10,12H2,1-3H3. The van der Waals surface area contributed by atoms with Crippen molar-refractivity contribution >= 4 is 11.8 Å². The molecule has 3 heteroatoms. The van der Waals surface area contributed by atoms with E-state index < -0.39 is 0 Å². The molecule has 1 unspecified atom stereocenters. The number of benzene rings is 1. The monoisotopic (exact) mass is 289 g/mol. The van der Waals surface area contributed by atoms with E-state index in [0.717, 1.165) is 18.1 Å². The molecule has 0 aliphatic heterocycles. The summed E-state index contributed by atoms with van der Waals surface area (Å²) < 4.78 is 5.38. The van der Waals surface area contributed by atoms with Gasteiger partial charge in [0, 0.05) is 17.2 Å². The average Bonchev–Trinajstić information content (AvgIpc) is 2.98. The van der Waals surface area contributed by atoms with E-state index in [0.29, 0.717) is 5.92 Å². The highest BCUT2D eigenvalue weighted by Gasteiger charge is 2.06. The quantitative estimate of drug-likeness (QED) is 0.583. The van der Waals surface area contributed by atoms with Crippen LogP contribution < -0.4 is 5.32 Å². The van der Waals surface area contributed by atoms with E-state index >= 15 is 0 Å². The normalized spacial score (nSPS) is 12.8. The van der Waals surface area contributed by atoms with Crippen molar-refractivity contribution < 1.29 is 4.42 Å². The smallest absolute Gasteiger partial charge is 0.120 e. The fraction of sp³-hybridized carbons (Fsp3) is 0.412. The van der Waals surface area contributed by atoms with Crippen molar-refractivity contribution in [3.05, 3.63) is 54.0 Å². The summed E-state index contributed by atoms with van der Waals surface area (Å²) >= 11 is 1.89. The molecule has 0 aliphatic carbocycles. The predicted octanol–water partition coefficient (Wildman–Crippen LogP) is 4.85. The van der Waals surface area contributed by atoms with Gasteiger partial charge in [0.05, 0.1) is 12.3 Å².